The Bertz CT molecular complexity index is 361. The lowest BCUT2D eigenvalue weighted by molar-refractivity contribution is -0.142. The van der Waals surface area contributed by atoms with Crippen molar-refractivity contribution in [3.63, 3.8) is 0 Å². The Morgan fingerprint density at radius 1 is 1.38 bits per heavy atom. The maximum Gasteiger partial charge on any atom is 0.437 e. The Morgan fingerprint density at radius 3 is 2.44 bits per heavy atom. The highest BCUT2D eigenvalue weighted by Crippen LogP contribution is 2.34. The summed E-state index contributed by atoms with van der Waals surface area (Å²) in [6, 6.07) is 1.40. The van der Waals surface area contributed by atoms with Gasteiger partial charge in [-0.1, -0.05) is 13.8 Å². The molecule has 0 aromatic carbocycles. The van der Waals surface area contributed by atoms with Crippen LogP contribution in [0.15, 0.2) is 12.3 Å². The molecule has 0 amide bonds. The van der Waals surface area contributed by atoms with Crippen molar-refractivity contribution in [2.24, 2.45) is 5.92 Å². The van der Waals surface area contributed by atoms with E-state index in [-0.39, 0.29) is 5.75 Å². The van der Waals surface area contributed by atoms with E-state index < -0.39 is 11.9 Å². The second kappa shape index (κ2) is 4.72. The highest BCUT2D eigenvalue weighted by atomic mass is 19.4. The van der Waals surface area contributed by atoms with Crippen LogP contribution in [0.5, 0.6) is 5.75 Å². The highest BCUT2D eigenvalue weighted by molar-refractivity contribution is 5.33. The van der Waals surface area contributed by atoms with Gasteiger partial charge in [-0.05, 0) is 24.0 Å². The molecule has 0 N–H and O–H groups in total. The Kier molecular flexibility index (Phi) is 3.78. The maximum atomic E-state index is 12.5. The second-order valence-electron chi connectivity index (χ2n) is 3.99. The number of aromatic nitrogens is 1. The topological polar surface area (TPSA) is 22.1 Å². The fourth-order valence-electron chi connectivity index (χ4n) is 1.44. The van der Waals surface area contributed by atoms with E-state index in [1.165, 1.54) is 19.4 Å². The summed E-state index contributed by atoms with van der Waals surface area (Å²) in [5.41, 5.74) is -0.220. The molecule has 0 bridgehead atoms. The summed E-state index contributed by atoms with van der Waals surface area (Å²) in [5.74, 6) is 0.147. The molecule has 16 heavy (non-hydrogen) atoms. The third-order valence-electron chi connectivity index (χ3n) is 2.04. The van der Waals surface area contributed by atoms with Gasteiger partial charge < -0.3 is 4.74 Å². The Labute approximate surface area is 92.5 Å². The highest BCUT2D eigenvalue weighted by Gasteiger charge is 2.36. The van der Waals surface area contributed by atoms with Gasteiger partial charge in [-0.3, -0.25) is 0 Å². The zero-order valence-corrected chi connectivity index (χ0v) is 9.43. The normalized spacial score (nSPS) is 11.9. The SMILES string of the molecule is COc1cc(CC(C)C)cnc1C(F)(F)F. The van der Waals surface area contributed by atoms with Crippen LogP contribution < -0.4 is 4.74 Å². The summed E-state index contributed by atoms with van der Waals surface area (Å²) in [7, 11) is 1.21. The molecule has 0 saturated carbocycles. The number of hydrogen-bond donors (Lipinski definition) is 0. The molecule has 1 rings (SSSR count). The number of rotatable bonds is 3. The Hall–Kier alpha value is -1.26. The van der Waals surface area contributed by atoms with E-state index in [0.29, 0.717) is 12.3 Å². The molecule has 5 heteroatoms. The number of methoxy groups -OCH3 is 1. The molecule has 1 aromatic rings. The first-order valence-corrected chi connectivity index (χ1v) is 4.94. The minimum atomic E-state index is -4.47. The van der Waals surface area contributed by atoms with Crippen LogP contribution in [-0.4, -0.2) is 12.1 Å². The summed E-state index contributed by atoms with van der Waals surface area (Å²) in [5, 5.41) is 0. The second-order valence-corrected chi connectivity index (χ2v) is 3.99. The van der Waals surface area contributed by atoms with E-state index >= 15 is 0 Å². The van der Waals surface area contributed by atoms with Crippen molar-refractivity contribution in [2.45, 2.75) is 26.4 Å². The summed E-state index contributed by atoms with van der Waals surface area (Å²) in [4.78, 5) is 3.42. The Morgan fingerprint density at radius 2 is 2.00 bits per heavy atom. The molecule has 0 saturated heterocycles. The van der Waals surface area contributed by atoms with Crippen molar-refractivity contribution in [1.29, 1.82) is 0 Å². The lowest BCUT2D eigenvalue weighted by atomic mass is 10.0. The molecular weight excluding hydrogens is 219 g/mol. The van der Waals surface area contributed by atoms with Gasteiger partial charge in [0.05, 0.1) is 7.11 Å². The van der Waals surface area contributed by atoms with Gasteiger partial charge in [-0.2, -0.15) is 13.2 Å². The third kappa shape index (κ3) is 3.12. The first-order chi connectivity index (χ1) is 7.34. The smallest absolute Gasteiger partial charge is 0.437 e. The van der Waals surface area contributed by atoms with Crippen LogP contribution in [0.25, 0.3) is 0 Å². The lowest BCUT2D eigenvalue weighted by Gasteiger charge is -2.12. The van der Waals surface area contributed by atoms with E-state index in [2.05, 4.69) is 4.98 Å². The molecule has 0 aliphatic carbocycles. The molecule has 1 heterocycles. The fourth-order valence-corrected chi connectivity index (χ4v) is 1.44. The third-order valence-corrected chi connectivity index (χ3v) is 2.04. The van der Waals surface area contributed by atoms with Crippen molar-refractivity contribution in [3.05, 3.63) is 23.5 Å². The standard InChI is InChI=1S/C11H14F3NO/c1-7(2)4-8-5-9(16-3)10(15-6-8)11(12,13)14/h5-7H,4H2,1-3H3. The summed E-state index contributed by atoms with van der Waals surface area (Å²) >= 11 is 0. The number of ether oxygens (including phenoxy) is 1. The number of pyridine rings is 1. The van der Waals surface area contributed by atoms with E-state index in [1.54, 1.807) is 0 Å². The molecule has 2 nitrogen and oxygen atoms in total. The Balaban J connectivity index is 3.07. The van der Waals surface area contributed by atoms with Gasteiger partial charge in [0.15, 0.2) is 5.69 Å². The van der Waals surface area contributed by atoms with Crippen LogP contribution in [0.4, 0.5) is 13.2 Å². The van der Waals surface area contributed by atoms with Crippen molar-refractivity contribution >= 4 is 0 Å². The van der Waals surface area contributed by atoms with Crippen LogP contribution in [-0.2, 0) is 12.6 Å². The van der Waals surface area contributed by atoms with Crippen molar-refractivity contribution in [2.75, 3.05) is 7.11 Å². The summed E-state index contributed by atoms with van der Waals surface area (Å²) < 4.78 is 42.2. The molecule has 0 aliphatic rings. The molecule has 90 valence electrons. The molecule has 0 unspecified atom stereocenters. The predicted octanol–water partition coefficient (Wildman–Crippen LogP) is 3.31. The van der Waals surface area contributed by atoms with Crippen LogP contribution in [0.3, 0.4) is 0 Å². The summed E-state index contributed by atoms with van der Waals surface area (Å²) in [6.07, 6.45) is -2.53. The molecule has 0 radical (unpaired) electrons. The van der Waals surface area contributed by atoms with Crippen LogP contribution >= 0.6 is 0 Å². The zero-order chi connectivity index (χ0) is 12.3. The van der Waals surface area contributed by atoms with E-state index in [1.807, 2.05) is 13.8 Å². The lowest BCUT2D eigenvalue weighted by Crippen LogP contribution is -2.11. The number of alkyl halides is 3. The van der Waals surface area contributed by atoms with Gasteiger partial charge in [0.25, 0.3) is 0 Å². The predicted molar refractivity (Wildman–Crippen MR) is 54.3 cm³/mol. The van der Waals surface area contributed by atoms with Gasteiger partial charge in [0.1, 0.15) is 5.75 Å². The van der Waals surface area contributed by atoms with Crippen molar-refractivity contribution < 1.29 is 17.9 Å². The van der Waals surface area contributed by atoms with E-state index in [9.17, 15) is 13.2 Å². The first kappa shape index (κ1) is 12.8. The molecule has 0 fully saturated rings. The quantitative estimate of drug-likeness (QED) is 0.799. The van der Waals surface area contributed by atoms with Gasteiger partial charge >= 0.3 is 6.18 Å². The monoisotopic (exact) mass is 233 g/mol. The fraction of sp³-hybridized carbons (Fsp3) is 0.545. The van der Waals surface area contributed by atoms with Gasteiger partial charge in [0, 0.05) is 6.20 Å². The molecular formula is C11H14F3NO. The molecule has 0 spiro atoms. The number of hydrogen-bond acceptors (Lipinski definition) is 2. The summed E-state index contributed by atoms with van der Waals surface area (Å²) in [6.45, 7) is 3.98. The van der Waals surface area contributed by atoms with Crippen LogP contribution in [0.1, 0.15) is 25.1 Å². The van der Waals surface area contributed by atoms with Gasteiger partial charge in [-0.25, -0.2) is 4.98 Å². The molecule has 1 aromatic heterocycles. The molecule has 0 atom stereocenters. The zero-order valence-electron chi connectivity index (χ0n) is 9.43. The van der Waals surface area contributed by atoms with Crippen LogP contribution in [0, 0.1) is 5.92 Å². The average Bonchev–Trinajstić information content (AvgIpc) is 2.14. The van der Waals surface area contributed by atoms with Gasteiger partial charge in [-0.15, -0.1) is 0 Å². The minimum Gasteiger partial charge on any atom is -0.494 e. The number of halogens is 3. The van der Waals surface area contributed by atoms with E-state index in [0.717, 1.165) is 5.56 Å². The molecule has 0 aliphatic heterocycles. The minimum absolute atomic E-state index is 0.217. The van der Waals surface area contributed by atoms with Crippen LogP contribution in [0.2, 0.25) is 0 Å². The maximum absolute atomic E-state index is 12.5. The largest absolute Gasteiger partial charge is 0.494 e. The number of nitrogens with zero attached hydrogens (tertiary/aromatic N) is 1. The average molecular weight is 233 g/mol. The van der Waals surface area contributed by atoms with Crippen molar-refractivity contribution in [3.8, 4) is 5.75 Å². The first-order valence-electron chi connectivity index (χ1n) is 4.94. The van der Waals surface area contributed by atoms with Crippen molar-refractivity contribution in [1.82, 2.24) is 4.98 Å². The van der Waals surface area contributed by atoms with E-state index in [4.69, 9.17) is 4.74 Å². The van der Waals surface area contributed by atoms with Gasteiger partial charge in [0.2, 0.25) is 0 Å².